The number of benzene rings is 2. The Morgan fingerprint density at radius 2 is 2.04 bits per heavy atom. The summed E-state index contributed by atoms with van der Waals surface area (Å²) in [5.74, 6) is -0.147. The number of nitrogens with zero attached hydrogens (tertiary/aromatic N) is 1. The van der Waals surface area contributed by atoms with Crippen molar-refractivity contribution in [2.24, 2.45) is 0 Å². The molecule has 0 radical (unpaired) electrons. The molecular weight excluding hydrogens is 298 g/mol. The van der Waals surface area contributed by atoms with Crippen LogP contribution in [-0.2, 0) is 22.4 Å². The second-order valence-electron chi connectivity index (χ2n) is 6.82. The zero-order valence-electron chi connectivity index (χ0n) is 18.8. The van der Waals surface area contributed by atoms with E-state index in [2.05, 4.69) is 6.07 Å². The van der Waals surface area contributed by atoms with Gasteiger partial charge in [-0.2, -0.15) is 0 Å². The minimum Gasteiger partial charge on any atom is -0.350 e. The van der Waals surface area contributed by atoms with E-state index in [1.807, 2.05) is 32.0 Å². The lowest BCUT2D eigenvalue weighted by Crippen LogP contribution is -2.44. The SMILES string of the molecule is [2H]c1c([2H])c([2H])c(CCC(=O)N2[C@H]3c4ccccc4C[C@H]3OC2(C)C)c([2H])c1[2H]. The Bertz CT molecular complexity index is 978. The van der Waals surface area contributed by atoms with E-state index in [0.29, 0.717) is 0 Å². The largest absolute Gasteiger partial charge is 0.350 e. The van der Waals surface area contributed by atoms with Crippen molar-refractivity contribution in [3.63, 3.8) is 0 Å². The van der Waals surface area contributed by atoms with Gasteiger partial charge in [-0.25, -0.2) is 0 Å². The highest BCUT2D eigenvalue weighted by molar-refractivity contribution is 5.78. The zero-order valence-corrected chi connectivity index (χ0v) is 13.8. The van der Waals surface area contributed by atoms with Gasteiger partial charge in [-0.15, -0.1) is 0 Å². The molecule has 1 saturated heterocycles. The third-order valence-corrected chi connectivity index (χ3v) is 4.85. The summed E-state index contributed by atoms with van der Waals surface area (Å²) in [6.07, 6.45) is 0.802. The van der Waals surface area contributed by atoms with E-state index in [0.717, 1.165) is 12.0 Å². The highest BCUT2D eigenvalue weighted by Gasteiger charge is 2.53. The lowest BCUT2D eigenvalue weighted by atomic mass is 10.0. The summed E-state index contributed by atoms with van der Waals surface area (Å²) in [4.78, 5) is 15.0. The van der Waals surface area contributed by atoms with Gasteiger partial charge in [0.15, 0.2) is 0 Å². The van der Waals surface area contributed by atoms with E-state index in [-0.39, 0.29) is 60.6 Å². The summed E-state index contributed by atoms with van der Waals surface area (Å²) in [5, 5.41) is 0. The smallest absolute Gasteiger partial charge is 0.225 e. The normalized spacial score (nSPS) is 26.8. The van der Waals surface area contributed by atoms with Gasteiger partial charge in [0.1, 0.15) is 5.72 Å². The number of fused-ring (bicyclic) bond motifs is 3. The fourth-order valence-corrected chi connectivity index (χ4v) is 3.92. The predicted octanol–water partition coefficient (Wildman–Crippen LogP) is 3.88. The first kappa shape index (κ1) is 10.7. The Morgan fingerprint density at radius 3 is 2.83 bits per heavy atom. The lowest BCUT2D eigenvalue weighted by Gasteiger charge is -2.34. The first-order chi connectivity index (χ1) is 13.6. The second-order valence-corrected chi connectivity index (χ2v) is 6.82. The summed E-state index contributed by atoms with van der Waals surface area (Å²) in [5.41, 5.74) is 1.69. The van der Waals surface area contributed by atoms with Gasteiger partial charge in [-0.1, -0.05) is 54.5 Å². The van der Waals surface area contributed by atoms with Gasteiger partial charge in [0.25, 0.3) is 0 Å². The molecule has 2 aliphatic rings. The average molecular weight is 326 g/mol. The molecule has 24 heavy (non-hydrogen) atoms. The second kappa shape index (κ2) is 5.75. The van der Waals surface area contributed by atoms with Crippen molar-refractivity contribution >= 4 is 5.91 Å². The van der Waals surface area contributed by atoms with Crippen molar-refractivity contribution in [1.82, 2.24) is 4.90 Å². The van der Waals surface area contributed by atoms with E-state index in [1.165, 1.54) is 5.56 Å². The molecule has 1 aliphatic heterocycles. The highest BCUT2D eigenvalue weighted by atomic mass is 16.5. The van der Waals surface area contributed by atoms with Crippen LogP contribution < -0.4 is 0 Å². The summed E-state index contributed by atoms with van der Waals surface area (Å²) >= 11 is 0. The Labute approximate surface area is 150 Å². The topological polar surface area (TPSA) is 29.5 Å². The van der Waals surface area contributed by atoms with Gasteiger partial charge < -0.3 is 9.64 Å². The number of carbonyl (C=O) groups excluding carboxylic acids is 1. The van der Waals surface area contributed by atoms with Crippen molar-refractivity contribution in [2.45, 2.75) is 51.0 Å². The van der Waals surface area contributed by atoms with Gasteiger partial charge >= 0.3 is 0 Å². The van der Waals surface area contributed by atoms with Crippen molar-refractivity contribution in [3.05, 3.63) is 71.2 Å². The van der Waals surface area contributed by atoms with Crippen LogP contribution in [0.1, 0.15) is 49.9 Å². The summed E-state index contributed by atoms with van der Waals surface area (Å²) < 4.78 is 45.6. The summed E-state index contributed by atoms with van der Waals surface area (Å²) in [6.45, 7) is 3.74. The van der Waals surface area contributed by atoms with Crippen molar-refractivity contribution in [2.75, 3.05) is 0 Å². The third-order valence-electron chi connectivity index (χ3n) is 4.85. The number of rotatable bonds is 3. The minimum absolute atomic E-state index is 0.0478. The fourth-order valence-electron chi connectivity index (χ4n) is 3.92. The Balaban J connectivity index is 1.61. The maximum absolute atomic E-state index is 13.2. The van der Waals surface area contributed by atoms with Gasteiger partial charge in [0, 0.05) is 12.8 Å². The van der Waals surface area contributed by atoms with Crippen molar-refractivity contribution < 1.29 is 16.4 Å². The quantitative estimate of drug-likeness (QED) is 0.856. The van der Waals surface area contributed by atoms with Crippen LogP contribution in [0.25, 0.3) is 0 Å². The molecule has 4 rings (SSSR count). The molecule has 1 heterocycles. The van der Waals surface area contributed by atoms with Crippen molar-refractivity contribution in [1.29, 1.82) is 0 Å². The molecule has 3 nitrogen and oxygen atoms in total. The van der Waals surface area contributed by atoms with Crippen molar-refractivity contribution in [3.8, 4) is 0 Å². The molecule has 0 aromatic heterocycles. The van der Waals surface area contributed by atoms with Gasteiger partial charge in [-0.3, -0.25) is 4.79 Å². The number of hydrogen-bond donors (Lipinski definition) is 0. The summed E-state index contributed by atoms with van der Waals surface area (Å²) in [6, 6.07) is 6.21. The molecule has 1 aliphatic carbocycles. The van der Waals surface area contributed by atoms with Gasteiger partial charge in [0.05, 0.1) is 19.0 Å². The monoisotopic (exact) mass is 326 g/mol. The van der Waals surface area contributed by atoms with Crippen LogP contribution in [0.2, 0.25) is 0 Å². The predicted molar refractivity (Wildman–Crippen MR) is 93.4 cm³/mol. The van der Waals surface area contributed by atoms with Crippen LogP contribution in [0.15, 0.2) is 54.5 Å². The molecule has 0 spiro atoms. The Morgan fingerprint density at radius 1 is 1.29 bits per heavy atom. The molecule has 0 saturated carbocycles. The maximum atomic E-state index is 13.2. The molecule has 2 aromatic carbocycles. The number of amides is 1. The van der Waals surface area contributed by atoms with Crippen LogP contribution in [0.4, 0.5) is 0 Å². The maximum Gasteiger partial charge on any atom is 0.225 e. The molecule has 0 bridgehead atoms. The van der Waals surface area contributed by atoms with Gasteiger partial charge in [0.2, 0.25) is 5.91 Å². The van der Waals surface area contributed by atoms with E-state index in [9.17, 15) is 4.79 Å². The average Bonchev–Trinajstić information content (AvgIpc) is 3.14. The first-order valence-electron chi connectivity index (χ1n) is 10.8. The van der Waals surface area contributed by atoms with Crippen LogP contribution in [0.3, 0.4) is 0 Å². The molecule has 124 valence electrons. The molecule has 1 amide bonds. The molecular formula is C21H23NO2. The molecule has 0 unspecified atom stereocenters. The van der Waals surface area contributed by atoms with Crippen LogP contribution in [-0.4, -0.2) is 22.6 Å². The summed E-state index contributed by atoms with van der Waals surface area (Å²) in [7, 11) is 0. The highest BCUT2D eigenvalue weighted by Crippen LogP contribution is 2.48. The molecule has 3 heteroatoms. The van der Waals surface area contributed by atoms with E-state index >= 15 is 0 Å². The Hall–Kier alpha value is -2.13. The lowest BCUT2D eigenvalue weighted by molar-refractivity contribution is -0.147. The first-order valence-corrected chi connectivity index (χ1v) is 8.27. The molecule has 2 atom stereocenters. The fraction of sp³-hybridized carbons (Fsp3) is 0.381. The number of hydrogen-bond acceptors (Lipinski definition) is 2. The van der Waals surface area contributed by atoms with Crippen LogP contribution >= 0.6 is 0 Å². The van der Waals surface area contributed by atoms with Crippen LogP contribution in [0.5, 0.6) is 0 Å². The zero-order chi connectivity index (χ0) is 21.1. The molecule has 2 aromatic rings. The molecule has 1 fully saturated rings. The van der Waals surface area contributed by atoms with Crippen LogP contribution in [0, 0.1) is 0 Å². The molecule has 0 N–H and O–H groups in total. The van der Waals surface area contributed by atoms with E-state index in [1.54, 1.807) is 4.90 Å². The third kappa shape index (κ3) is 2.53. The van der Waals surface area contributed by atoms with E-state index < -0.39 is 11.8 Å². The number of carbonyl (C=O) groups is 1. The van der Waals surface area contributed by atoms with Gasteiger partial charge in [-0.05, 0) is 37.0 Å². The Kier molecular flexibility index (Phi) is 2.56. The number of ether oxygens (including phenoxy) is 1. The standard InChI is InChI=1S/C21H23NO2/c1-21(2)22(19(23)13-12-15-8-4-3-5-9-15)20-17-11-7-6-10-16(17)14-18(20)24-21/h3-11,18,20H,12-14H2,1-2H3/t18-,20+/m1/s1/i3D,4D,5D,8D,9D. The minimum atomic E-state index is -0.764. The van der Waals surface area contributed by atoms with E-state index in [4.69, 9.17) is 11.6 Å².